The van der Waals surface area contributed by atoms with Crippen LogP contribution in [0.5, 0.6) is 5.75 Å². The van der Waals surface area contributed by atoms with Gasteiger partial charge in [0.15, 0.2) is 0 Å². The number of nitrogens with one attached hydrogen (secondary N) is 1. The predicted molar refractivity (Wildman–Crippen MR) is 76.3 cm³/mol. The number of aryl methyl sites for hydroxylation is 1. The molecule has 0 heterocycles. The fourth-order valence-corrected chi connectivity index (χ4v) is 2.26. The Bertz CT molecular complexity index is 580. The van der Waals surface area contributed by atoms with Gasteiger partial charge in [-0.3, -0.25) is 0 Å². The van der Waals surface area contributed by atoms with Gasteiger partial charge in [0.1, 0.15) is 11.6 Å². The van der Waals surface area contributed by atoms with Crippen LogP contribution in [0, 0.1) is 12.7 Å². The van der Waals surface area contributed by atoms with Crippen molar-refractivity contribution in [3.8, 4) is 5.75 Å². The van der Waals surface area contributed by atoms with Crippen molar-refractivity contribution in [2.24, 2.45) is 0 Å². The molecule has 19 heavy (non-hydrogen) atoms. The molecule has 0 aliphatic rings. The van der Waals surface area contributed by atoms with Crippen molar-refractivity contribution in [3.05, 3.63) is 58.4 Å². The summed E-state index contributed by atoms with van der Waals surface area (Å²) in [6, 6.07) is 9.23. The number of hydrogen-bond acceptors (Lipinski definition) is 2. The number of phenolic OH excluding ortho intramolecular Hbond substituents is 1. The first-order valence-corrected chi connectivity index (χ1v) is 6.37. The molecule has 2 rings (SSSR count). The van der Waals surface area contributed by atoms with Crippen molar-refractivity contribution in [2.75, 3.05) is 5.32 Å². The van der Waals surface area contributed by atoms with Gasteiger partial charge in [0.05, 0.1) is 16.8 Å². The molecule has 0 bridgehead atoms. The van der Waals surface area contributed by atoms with Gasteiger partial charge in [0.25, 0.3) is 0 Å². The Morgan fingerprint density at radius 1 is 1.26 bits per heavy atom. The number of rotatable bonds is 3. The smallest absolute Gasteiger partial charge is 0.123 e. The van der Waals surface area contributed by atoms with Gasteiger partial charge in [0.2, 0.25) is 0 Å². The summed E-state index contributed by atoms with van der Waals surface area (Å²) in [4.78, 5) is 0. The molecule has 100 valence electrons. The van der Waals surface area contributed by atoms with E-state index in [2.05, 4.69) is 5.32 Å². The normalized spacial score (nSPS) is 12.2. The topological polar surface area (TPSA) is 32.3 Å². The number of halogens is 2. The number of para-hydroxylation sites is 1. The molecular weight excluding hydrogens is 265 g/mol. The van der Waals surface area contributed by atoms with Crippen LogP contribution in [0.1, 0.15) is 24.1 Å². The van der Waals surface area contributed by atoms with E-state index in [-0.39, 0.29) is 17.6 Å². The van der Waals surface area contributed by atoms with Crippen LogP contribution in [0.25, 0.3) is 0 Å². The number of benzene rings is 2. The van der Waals surface area contributed by atoms with Crippen molar-refractivity contribution in [1.29, 1.82) is 0 Å². The van der Waals surface area contributed by atoms with E-state index in [0.717, 1.165) is 11.3 Å². The molecule has 0 saturated heterocycles. The van der Waals surface area contributed by atoms with Crippen LogP contribution in [-0.2, 0) is 0 Å². The van der Waals surface area contributed by atoms with E-state index < -0.39 is 0 Å². The van der Waals surface area contributed by atoms with Crippen molar-refractivity contribution >= 4 is 17.3 Å². The molecule has 0 fully saturated rings. The first kappa shape index (κ1) is 13.7. The van der Waals surface area contributed by atoms with E-state index >= 15 is 0 Å². The molecule has 0 amide bonds. The fourth-order valence-electron chi connectivity index (χ4n) is 1.98. The lowest BCUT2D eigenvalue weighted by atomic mass is 10.1. The van der Waals surface area contributed by atoms with E-state index in [9.17, 15) is 9.50 Å². The number of phenols is 1. The molecule has 2 nitrogen and oxygen atoms in total. The van der Waals surface area contributed by atoms with E-state index in [1.54, 1.807) is 6.07 Å². The molecule has 4 heteroatoms. The van der Waals surface area contributed by atoms with Crippen LogP contribution in [-0.4, -0.2) is 5.11 Å². The molecule has 1 unspecified atom stereocenters. The van der Waals surface area contributed by atoms with Crippen molar-refractivity contribution < 1.29 is 9.50 Å². The van der Waals surface area contributed by atoms with Crippen LogP contribution in [0.15, 0.2) is 36.4 Å². The Morgan fingerprint density at radius 3 is 2.68 bits per heavy atom. The zero-order valence-electron chi connectivity index (χ0n) is 10.7. The average molecular weight is 280 g/mol. The maximum absolute atomic E-state index is 13.2. The molecule has 1 atom stereocenters. The Balaban J connectivity index is 2.31. The molecule has 0 aliphatic carbocycles. The number of hydrogen-bond donors (Lipinski definition) is 2. The third-order valence-electron chi connectivity index (χ3n) is 3.04. The summed E-state index contributed by atoms with van der Waals surface area (Å²) in [5.74, 6) is -0.316. The fraction of sp³-hybridized carbons (Fsp3) is 0.200. The minimum absolute atomic E-state index is 0.0612. The summed E-state index contributed by atoms with van der Waals surface area (Å²) >= 11 is 6.13. The maximum atomic E-state index is 13.2. The quantitative estimate of drug-likeness (QED) is 0.856. The second-order valence-electron chi connectivity index (χ2n) is 4.50. The third-order valence-corrected chi connectivity index (χ3v) is 3.35. The summed E-state index contributed by atoms with van der Waals surface area (Å²) in [6.07, 6.45) is 0. The van der Waals surface area contributed by atoms with E-state index in [4.69, 9.17) is 11.6 Å². The SMILES string of the molecule is Cc1cccc(Cl)c1NC(C)c1cc(F)ccc1O. The molecule has 0 spiro atoms. The van der Waals surface area contributed by atoms with E-state index in [1.165, 1.54) is 18.2 Å². The lowest BCUT2D eigenvalue weighted by Crippen LogP contribution is -2.08. The monoisotopic (exact) mass is 279 g/mol. The van der Waals surface area contributed by atoms with Gasteiger partial charge >= 0.3 is 0 Å². The summed E-state index contributed by atoms with van der Waals surface area (Å²) in [6.45, 7) is 3.78. The molecule has 0 aromatic heterocycles. The van der Waals surface area contributed by atoms with Gasteiger partial charge in [-0.05, 0) is 43.7 Å². The summed E-state index contributed by atoms with van der Waals surface area (Å²) in [5, 5.41) is 13.6. The molecule has 2 aromatic rings. The number of anilines is 1. The van der Waals surface area contributed by atoms with Crippen LogP contribution in [0.3, 0.4) is 0 Å². The van der Waals surface area contributed by atoms with Crippen LogP contribution < -0.4 is 5.32 Å². The van der Waals surface area contributed by atoms with Gasteiger partial charge in [-0.25, -0.2) is 4.39 Å². The van der Waals surface area contributed by atoms with Gasteiger partial charge in [-0.2, -0.15) is 0 Å². The zero-order chi connectivity index (χ0) is 14.0. The highest BCUT2D eigenvalue weighted by molar-refractivity contribution is 6.33. The van der Waals surface area contributed by atoms with Crippen LogP contribution in [0.4, 0.5) is 10.1 Å². The highest BCUT2D eigenvalue weighted by atomic mass is 35.5. The minimum atomic E-state index is -0.377. The van der Waals surface area contributed by atoms with Gasteiger partial charge in [-0.15, -0.1) is 0 Å². The zero-order valence-corrected chi connectivity index (χ0v) is 11.5. The Labute approximate surface area is 116 Å². The summed E-state index contributed by atoms with van der Waals surface area (Å²) in [7, 11) is 0. The highest BCUT2D eigenvalue weighted by Gasteiger charge is 2.13. The van der Waals surface area contributed by atoms with Crippen molar-refractivity contribution in [3.63, 3.8) is 0 Å². The number of aromatic hydroxyl groups is 1. The summed E-state index contributed by atoms with van der Waals surface area (Å²) in [5.41, 5.74) is 2.29. The third kappa shape index (κ3) is 2.99. The molecule has 0 radical (unpaired) electrons. The molecule has 2 aromatic carbocycles. The van der Waals surface area contributed by atoms with Crippen LogP contribution in [0.2, 0.25) is 5.02 Å². The summed E-state index contributed by atoms with van der Waals surface area (Å²) < 4.78 is 13.2. The first-order chi connectivity index (χ1) is 8.99. The lowest BCUT2D eigenvalue weighted by Gasteiger charge is -2.19. The van der Waals surface area contributed by atoms with E-state index in [0.29, 0.717) is 10.6 Å². The predicted octanol–water partition coefficient (Wildman–Crippen LogP) is 4.67. The second kappa shape index (κ2) is 5.49. The van der Waals surface area contributed by atoms with Gasteiger partial charge in [0, 0.05) is 5.56 Å². The van der Waals surface area contributed by atoms with Crippen LogP contribution >= 0.6 is 11.6 Å². The Kier molecular flexibility index (Phi) is 3.96. The molecule has 2 N–H and O–H groups in total. The lowest BCUT2D eigenvalue weighted by molar-refractivity contribution is 0.462. The molecular formula is C15H15ClFNO. The second-order valence-corrected chi connectivity index (χ2v) is 4.91. The largest absolute Gasteiger partial charge is 0.508 e. The van der Waals surface area contributed by atoms with Gasteiger partial charge in [-0.1, -0.05) is 23.7 Å². The minimum Gasteiger partial charge on any atom is -0.508 e. The Morgan fingerprint density at radius 2 is 2.00 bits per heavy atom. The molecule has 0 saturated carbocycles. The van der Waals surface area contributed by atoms with Gasteiger partial charge < -0.3 is 10.4 Å². The molecule has 0 aliphatic heterocycles. The highest BCUT2D eigenvalue weighted by Crippen LogP contribution is 2.32. The van der Waals surface area contributed by atoms with Crippen molar-refractivity contribution in [1.82, 2.24) is 0 Å². The van der Waals surface area contributed by atoms with Crippen molar-refractivity contribution in [2.45, 2.75) is 19.9 Å². The maximum Gasteiger partial charge on any atom is 0.123 e. The standard InChI is InChI=1S/C15H15ClFNO/c1-9-4-3-5-13(16)15(9)18-10(2)12-8-11(17)6-7-14(12)19/h3-8,10,18-19H,1-2H3. The van der Waals surface area contributed by atoms with E-state index in [1.807, 2.05) is 26.0 Å². The first-order valence-electron chi connectivity index (χ1n) is 5.99. The Hall–Kier alpha value is -1.74. The average Bonchev–Trinajstić information content (AvgIpc) is 2.37.